The van der Waals surface area contributed by atoms with Crippen molar-refractivity contribution in [1.82, 2.24) is 10.6 Å². The van der Waals surface area contributed by atoms with E-state index in [1.807, 2.05) is 12.1 Å². The minimum atomic E-state index is 0.169. The molecule has 0 aromatic heterocycles. The van der Waals surface area contributed by atoms with Gasteiger partial charge in [-0.3, -0.25) is 0 Å². The molecule has 4 heteroatoms. The predicted molar refractivity (Wildman–Crippen MR) is 114 cm³/mol. The normalized spacial score (nSPS) is 15.7. The topological polar surface area (TPSA) is 33.3 Å². The second-order valence-electron chi connectivity index (χ2n) is 8.44. The second kappa shape index (κ2) is 9.09. The number of ether oxygens (including phenoxy) is 1. The number of nitrogens with one attached hydrogen (secondary N) is 2. The molecule has 27 heavy (non-hydrogen) atoms. The van der Waals surface area contributed by atoms with Crippen molar-refractivity contribution in [3.05, 3.63) is 64.2 Å². The lowest BCUT2D eigenvalue weighted by Gasteiger charge is -2.24. The van der Waals surface area contributed by atoms with Gasteiger partial charge in [-0.1, -0.05) is 56.6 Å². The zero-order valence-corrected chi connectivity index (χ0v) is 17.4. The number of hydrogen-bond acceptors (Lipinski definition) is 3. The molecule has 1 aliphatic rings. The van der Waals surface area contributed by atoms with Crippen LogP contribution in [0.1, 0.15) is 50.3 Å². The summed E-state index contributed by atoms with van der Waals surface area (Å²) < 4.78 is 6.01. The molecule has 0 spiro atoms. The van der Waals surface area contributed by atoms with Gasteiger partial charge in [0.2, 0.25) is 0 Å². The van der Waals surface area contributed by atoms with Crippen LogP contribution in [0.15, 0.2) is 42.5 Å². The Morgan fingerprint density at radius 3 is 2.41 bits per heavy atom. The van der Waals surface area contributed by atoms with E-state index in [1.54, 1.807) is 0 Å². The monoisotopic (exact) mass is 386 g/mol. The third-order valence-electron chi connectivity index (χ3n) is 5.09. The van der Waals surface area contributed by atoms with E-state index in [0.29, 0.717) is 12.6 Å². The SMILES string of the molecule is CC(C)(C)c1ccc(COc2cc(Cl)cc(CNC3CCNCC3)c2)cc1. The van der Waals surface area contributed by atoms with Gasteiger partial charge in [0, 0.05) is 17.6 Å². The van der Waals surface area contributed by atoms with Crippen LogP contribution in [0.25, 0.3) is 0 Å². The van der Waals surface area contributed by atoms with Crippen molar-refractivity contribution in [2.45, 2.75) is 58.2 Å². The molecule has 3 rings (SSSR count). The van der Waals surface area contributed by atoms with Crippen LogP contribution in [0.2, 0.25) is 5.02 Å². The van der Waals surface area contributed by atoms with Crippen LogP contribution in [0, 0.1) is 0 Å². The van der Waals surface area contributed by atoms with E-state index in [0.717, 1.165) is 36.0 Å². The molecule has 1 fully saturated rings. The van der Waals surface area contributed by atoms with E-state index in [9.17, 15) is 0 Å². The Morgan fingerprint density at radius 2 is 1.74 bits per heavy atom. The molecule has 0 atom stereocenters. The molecule has 0 saturated carbocycles. The lowest BCUT2D eigenvalue weighted by molar-refractivity contribution is 0.305. The van der Waals surface area contributed by atoms with Crippen molar-refractivity contribution in [3.63, 3.8) is 0 Å². The van der Waals surface area contributed by atoms with Crippen LogP contribution in [0.4, 0.5) is 0 Å². The third kappa shape index (κ3) is 6.24. The Kier molecular flexibility index (Phi) is 6.80. The molecule has 2 N–H and O–H groups in total. The Morgan fingerprint density at radius 1 is 1.04 bits per heavy atom. The van der Waals surface area contributed by atoms with Gasteiger partial charge in [0.05, 0.1) is 0 Å². The number of piperidine rings is 1. The van der Waals surface area contributed by atoms with E-state index in [4.69, 9.17) is 16.3 Å². The van der Waals surface area contributed by atoms with E-state index in [1.165, 1.54) is 24.0 Å². The van der Waals surface area contributed by atoms with Crippen molar-refractivity contribution in [3.8, 4) is 5.75 Å². The number of benzene rings is 2. The summed E-state index contributed by atoms with van der Waals surface area (Å²) in [6, 6.07) is 15.2. The van der Waals surface area contributed by atoms with Crippen molar-refractivity contribution < 1.29 is 4.74 Å². The van der Waals surface area contributed by atoms with Crippen molar-refractivity contribution in [1.29, 1.82) is 0 Å². The Bertz CT molecular complexity index is 731. The summed E-state index contributed by atoms with van der Waals surface area (Å²) in [7, 11) is 0. The first-order valence-electron chi connectivity index (χ1n) is 9.86. The lowest BCUT2D eigenvalue weighted by atomic mass is 9.87. The molecule has 1 aliphatic heterocycles. The molecular weight excluding hydrogens is 356 g/mol. The van der Waals surface area contributed by atoms with Gasteiger partial charge in [0.25, 0.3) is 0 Å². The lowest BCUT2D eigenvalue weighted by Crippen LogP contribution is -2.39. The van der Waals surface area contributed by atoms with E-state index >= 15 is 0 Å². The summed E-state index contributed by atoms with van der Waals surface area (Å²) in [6.07, 6.45) is 2.35. The average Bonchev–Trinajstić information content (AvgIpc) is 2.65. The Labute approximate surface area is 168 Å². The summed E-state index contributed by atoms with van der Waals surface area (Å²) in [5.74, 6) is 0.824. The van der Waals surface area contributed by atoms with Gasteiger partial charge in [0.15, 0.2) is 0 Å². The predicted octanol–water partition coefficient (Wildman–Crippen LogP) is 5.06. The first-order valence-corrected chi connectivity index (χ1v) is 10.2. The molecule has 0 radical (unpaired) electrons. The minimum Gasteiger partial charge on any atom is -0.489 e. The van der Waals surface area contributed by atoms with Crippen molar-refractivity contribution >= 4 is 11.6 Å². The number of rotatable bonds is 6. The molecule has 0 amide bonds. The third-order valence-corrected chi connectivity index (χ3v) is 5.31. The van der Waals surface area contributed by atoms with E-state index in [2.05, 4.69) is 61.7 Å². The fraction of sp³-hybridized carbons (Fsp3) is 0.478. The highest BCUT2D eigenvalue weighted by Gasteiger charge is 2.14. The molecule has 0 aliphatic carbocycles. The second-order valence-corrected chi connectivity index (χ2v) is 8.87. The average molecular weight is 387 g/mol. The fourth-order valence-corrected chi connectivity index (χ4v) is 3.61. The first kappa shape index (κ1) is 20.2. The molecule has 1 heterocycles. The molecule has 0 bridgehead atoms. The van der Waals surface area contributed by atoms with E-state index < -0.39 is 0 Å². The number of hydrogen-bond donors (Lipinski definition) is 2. The fourth-order valence-electron chi connectivity index (χ4n) is 3.36. The summed E-state index contributed by atoms with van der Waals surface area (Å²) in [6.45, 7) is 10.2. The summed E-state index contributed by atoms with van der Waals surface area (Å²) in [5.41, 5.74) is 3.83. The maximum absolute atomic E-state index is 6.31. The molecule has 1 saturated heterocycles. The molecule has 0 unspecified atom stereocenters. The molecular formula is C23H31ClN2O. The Hall–Kier alpha value is -1.55. The van der Waals surface area contributed by atoms with Crippen LogP contribution >= 0.6 is 11.6 Å². The largest absolute Gasteiger partial charge is 0.489 e. The van der Waals surface area contributed by atoms with Crippen LogP contribution in [-0.4, -0.2) is 19.1 Å². The van der Waals surface area contributed by atoms with Crippen LogP contribution in [-0.2, 0) is 18.6 Å². The van der Waals surface area contributed by atoms with Gasteiger partial charge >= 0.3 is 0 Å². The van der Waals surface area contributed by atoms with Gasteiger partial charge in [-0.2, -0.15) is 0 Å². The van der Waals surface area contributed by atoms with Gasteiger partial charge in [-0.05, 0) is 66.2 Å². The molecule has 2 aromatic rings. The highest BCUT2D eigenvalue weighted by molar-refractivity contribution is 6.30. The highest BCUT2D eigenvalue weighted by atomic mass is 35.5. The standard InChI is InChI=1S/C23H31ClN2O/c1-23(2,3)19-6-4-17(5-7-19)16-27-22-13-18(12-20(24)14-22)15-26-21-8-10-25-11-9-21/h4-7,12-14,21,25-26H,8-11,15-16H2,1-3H3. The maximum Gasteiger partial charge on any atom is 0.121 e. The van der Waals surface area contributed by atoms with Crippen molar-refractivity contribution in [2.75, 3.05) is 13.1 Å². The Balaban J connectivity index is 1.57. The summed E-state index contributed by atoms with van der Waals surface area (Å²) in [4.78, 5) is 0. The number of halogens is 1. The van der Waals surface area contributed by atoms with E-state index in [-0.39, 0.29) is 5.41 Å². The van der Waals surface area contributed by atoms with Gasteiger partial charge in [-0.25, -0.2) is 0 Å². The maximum atomic E-state index is 6.31. The highest BCUT2D eigenvalue weighted by Crippen LogP contribution is 2.24. The first-order chi connectivity index (χ1) is 12.9. The van der Waals surface area contributed by atoms with Gasteiger partial charge in [-0.15, -0.1) is 0 Å². The quantitative estimate of drug-likeness (QED) is 0.728. The van der Waals surface area contributed by atoms with Crippen LogP contribution in [0.3, 0.4) is 0 Å². The molecule has 3 nitrogen and oxygen atoms in total. The zero-order chi connectivity index (χ0) is 19.3. The van der Waals surface area contributed by atoms with Gasteiger partial charge in [0.1, 0.15) is 12.4 Å². The molecule has 146 valence electrons. The van der Waals surface area contributed by atoms with Crippen LogP contribution < -0.4 is 15.4 Å². The van der Waals surface area contributed by atoms with Crippen molar-refractivity contribution in [2.24, 2.45) is 0 Å². The zero-order valence-electron chi connectivity index (χ0n) is 16.6. The summed E-state index contributed by atoms with van der Waals surface area (Å²) >= 11 is 6.31. The van der Waals surface area contributed by atoms with Gasteiger partial charge < -0.3 is 15.4 Å². The minimum absolute atomic E-state index is 0.169. The van der Waals surface area contributed by atoms with Crippen LogP contribution in [0.5, 0.6) is 5.75 Å². The molecule has 2 aromatic carbocycles. The smallest absolute Gasteiger partial charge is 0.121 e. The summed E-state index contributed by atoms with van der Waals surface area (Å²) in [5, 5.41) is 7.75.